The van der Waals surface area contributed by atoms with Crippen LogP contribution in [0.5, 0.6) is 0 Å². The lowest BCUT2D eigenvalue weighted by Crippen LogP contribution is -2.08. The molecule has 0 N–H and O–H groups in total. The molecule has 0 atom stereocenters. The molecule has 17 heavy (non-hydrogen) atoms. The van der Waals surface area contributed by atoms with Crippen LogP contribution in [0, 0.1) is 3.57 Å². The summed E-state index contributed by atoms with van der Waals surface area (Å²) in [6.45, 7) is 1.85. The van der Waals surface area contributed by atoms with E-state index >= 15 is 0 Å². The van der Waals surface area contributed by atoms with E-state index in [2.05, 4.69) is 0 Å². The van der Waals surface area contributed by atoms with Crippen LogP contribution in [0.3, 0.4) is 0 Å². The quantitative estimate of drug-likeness (QED) is 0.438. The first-order chi connectivity index (χ1) is 7.77. The van der Waals surface area contributed by atoms with E-state index in [1.54, 1.807) is 6.92 Å². The number of benzene rings is 1. The van der Waals surface area contributed by atoms with Gasteiger partial charge in [-0.2, -0.15) is 0 Å². The molecular weight excluding hydrogens is 402 g/mol. The van der Waals surface area contributed by atoms with E-state index in [0.29, 0.717) is 3.57 Å². The van der Waals surface area contributed by atoms with Crippen LogP contribution in [0.4, 0.5) is 0 Å². The Bertz CT molecular complexity index is 556. The topological polar surface area (TPSA) is 60.4 Å². The van der Waals surface area contributed by atoms with Crippen LogP contribution in [-0.4, -0.2) is 21.0 Å². The lowest BCUT2D eigenvalue weighted by molar-refractivity contribution is 0.0525. The molecule has 0 amide bonds. The number of carbonyl (C=O) groups excluding carboxylic acids is 1. The van der Waals surface area contributed by atoms with Crippen LogP contribution in [0.1, 0.15) is 17.3 Å². The summed E-state index contributed by atoms with van der Waals surface area (Å²) < 4.78 is 27.7. The van der Waals surface area contributed by atoms with Gasteiger partial charge in [0, 0.05) is 14.3 Å². The van der Waals surface area contributed by atoms with E-state index in [9.17, 15) is 13.2 Å². The van der Waals surface area contributed by atoms with Crippen molar-refractivity contribution in [3.8, 4) is 0 Å². The minimum atomic E-state index is -3.99. The first-order valence-corrected chi connectivity index (χ1v) is 8.14. The van der Waals surface area contributed by atoms with Crippen molar-refractivity contribution in [1.29, 1.82) is 0 Å². The first kappa shape index (κ1) is 15.0. The van der Waals surface area contributed by atoms with Gasteiger partial charge >= 0.3 is 5.97 Å². The predicted molar refractivity (Wildman–Crippen MR) is 73.2 cm³/mol. The molecule has 1 aromatic carbocycles. The summed E-state index contributed by atoms with van der Waals surface area (Å²) in [6.07, 6.45) is 0. The third-order valence-electron chi connectivity index (χ3n) is 1.78. The highest BCUT2D eigenvalue weighted by Gasteiger charge is 2.21. The highest BCUT2D eigenvalue weighted by molar-refractivity contribution is 14.1. The maximum atomic E-state index is 11.5. The molecule has 0 heterocycles. The maximum Gasteiger partial charge on any atom is 0.339 e. The summed E-state index contributed by atoms with van der Waals surface area (Å²) in [6, 6.07) is 2.47. The molecule has 0 bridgehead atoms. The summed E-state index contributed by atoms with van der Waals surface area (Å²) in [5.41, 5.74) is 0.121. The van der Waals surface area contributed by atoms with Gasteiger partial charge in [0.25, 0.3) is 9.05 Å². The Hall–Kier alpha value is -0.0500. The van der Waals surface area contributed by atoms with Gasteiger partial charge in [0.05, 0.1) is 17.2 Å². The van der Waals surface area contributed by atoms with E-state index in [1.807, 2.05) is 22.6 Å². The Morgan fingerprint density at radius 1 is 1.47 bits per heavy atom. The molecule has 0 radical (unpaired) electrons. The number of rotatable bonds is 3. The fraction of sp³-hybridized carbons (Fsp3) is 0.222. The molecule has 0 aliphatic carbocycles. The Kier molecular flexibility index (Phi) is 5.06. The van der Waals surface area contributed by atoms with Crippen molar-refractivity contribution >= 4 is 59.9 Å². The molecule has 0 saturated heterocycles. The molecule has 0 fully saturated rings. The van der Waals surface area contributed by atoms with E-state index < -0.39 is 15.0 Å². The van der Waals surface area contributed by atoms with Crippen molar-refractivity contribution in [3.05, 3.63) is 26.3 Å². The van der Waals surface area contributed by atoms with Gasteiger partial charge in [0.1, 0.15) is 4.90 Å². The molecule has 1 aromatic rings. The van der Waals surface area contributed by atoms with Gasteiger partial charge in [-0.05, 0) is 41.6 Å². The molecule has 0 aliphatic rings. The second-order valence-corrected chi connectivity index (χ2v) is 7.02. The van der Waals surface area contributed by atoms with Crippen LogP contribution in [-0.2, 0) is 13.8 Å². The summed E-state index contributed by atoms with van der Waals surface area (Å²) in [7, 11) is 1.21. The van der Waals surface area contributed by atoms with Gasteiger partial charge in [-0.25, -0.2) is 13.2 Å². The van der Waals surface area contributed by atoms with Crippen LogP contribution < -0.4 is 0 Å². The maximum absolute atomic E-state index is 11.5. The third-order valence-corrected chi connectivity index (χ3v) is 4.46. The lowest BCUT2D eigenvalue weighted by atomic mass is 10.2. The average molecular weight is 409 g/mol. The molecule has 0 saturated carbocycles. The van der Waals surface area contributed by atoms with Crippen LogP contribution >= 0.6 is 44.9 Å². The average Bonchev–Trinajstić information content (AvgIpc) is 2.15. The SMILES string of the molecule is CCOC(=O)c1cc(S(=O)(=O)Cl)c(Cl)cc1I. The zero-order chi connectivity index (χ0) is 13.2. The molecule has 4 nitrogen and oxygen atoms in total. The smallest absolute Gasteiger partial charge is 0.339 e. The van der Waals surface area contributed by atoms with E-state index in [-0.39, 0.29) is 22.1 Å². The lowest BCUT2D eigenvalue weighted by Gasteiger charge is -2.07. The number of carbonyl (C=O) groups is 1. The van der Waals surface area contributed by atoms with Crippen molar-refractivity contribution in [2.24, 2.45) is 0 Å². The molecule has 0 aromatic heterocycles. The number of halogens is 3. The zero-order valence-corrected chi connectivity index (χ0v) is 13.0. The Morgan fingerprint density at radius 2 is 2.06 bits per heavy atom. The minimum absolute atomic E-state index is 0.0301. The fourth-order valence-corrected chi connectivity index (χ4v) is 3.47. The van der Waals surface area contributed by atoms with Crippen molar-refractivity contribution in [2.45, 2.75) is 11.8 Å². The standard InChI is InChI=1S/C9H7Cl2IO4S/c1-2-16-9(13)5-3-8(17(11,14)15)6(10)4-7(5)12/h3-4H,2H2,1H3. The summed E-state index contributed by atoms with van der Waals surface area (Å²) >= 11 is 7.61. The van der Waals surface area contributed by atoms with Crippen molar-refractivity contribution in [3.63, 3.8) is 0 Å². The Labute approximate surface area is 122 Å². The van der Waals surface area contributed by atoms with E-state index in [4.69, 9.17) is 27.0 Å². The second-order valence-electron chi connectivity index (χ2n) is 2.92. The molecule has 0 spiro atoms. The molecule has 0 aliphatic heterocycles. The van der Waals surface area contributed by atoms with Gasteiger partial charge in [-0.3, -0.25) is 0 Å². The predicted octanol–water partition coefficient (Wildman–Crippen LogP) is 3.05. The Morgan fingerprint density at radius 3 is 2.53 bits per heavy atom. The molecule has 0 unspecified atom stereocenters. The second kappa shape index (κ2) is 5.73. The van der Waals surface area contributed by atoms with Gasteiger partial charge in [0.15, 0.2) is 0 Å². The van der Waals surface area contributed by atoms with Crippen molar-refractivity contribution < 1.29 is 17.9 Å². The highest BCUT2D eigenvalue weighted by Crippen LogP contribution is 2.29. The van der Waals surface area contributed by atoms with Gasteiger partial charge in [-0.1, -0.05) is 11.6 Å². The zero-order valence-electron chi connectivity index (χ0n) is 8.54. The van der Waals surface area contributed by atoms with Crippen molar-refractivity contribution in [1.82, 2.24) is 0 Å². The van der Waals surface area contributed by atoms with Crippen LogP contribution in [0.15, 0.2) is 17.0 Å². The number of hydrogen-bond acceptors (Lipinski definition) is 4. The minimum Gasteiger partial charge on any atom is -0.462 e. The molecule has 1 rings (SSSR count). The normalized spacial score (nSPS) is 11.3. The number of hydrogen-bond donors (Lipinski definition) is 0. The Balaban J connectivity index is 3.39. The van der Waals surface area contributed by atoms with Crippen LogP contribution in [0.2, 0.25) is 5.02 Å². The number of ether oxygens (including phenoxy) is 1. The molecule has 8 heteroatoms. The van der Waals surface area contributed by atoms with Crippen molar-refractivity contribution in [2.75, 3.05) is 6.61 Å². The summed E-state index contributed by atoms with van der Waals surface area (Å²) in [4.78, 5) is 11.2. The van der Waals surface area contributed by atoms with Gasteiger partial charge in [-0.15, -0.1) is 0 Å². The highest BCUT2D eigenvalue weighted by atomic mass is 127. The first-order valence-electron chi connectivity index (χ1n) is 4.38. The van der Waals surface area contributed by atoms with Crippen LogP contribution in [0.25, 0.3) is 0 Å². The number of esters is 1. The monoisotopic (exact) mass is 408 g/mol. The van der Waals surface area contributed by atoms with Gasteiger partial charge in [0.2, 0.25) is 0 Å². The van der Waals surface area contributed by atoms with Gasteiger partial charge < -0.3 is 4.74 Å². The fourth-order valence-electron chi connectivity index (χ4n) is 1.08. The van der Waals surface area contributed by atoms with E-state index in [0.717, 1.165) is 6.07 Å². The largest absolute Gasteiger partial charge is 0.462 e. The summed E-state index contributed by atoms with van der Waals surface area (Å²) in [5.74, 6) is -0.616. The third kappa shape index (κ3) is 3.70. The molecular formula is C9H7Cl2IO4S. The molecule has 94 valence electrons. The van der Waals surface area contributed by atoms with E-state index in [1.165, 1.54) is 6.07 Å². The summed E-state index contributed by atoms with van der Waals surface area (Å²) in [5, 5.41) is -0.0301.